The van der Waals surface area contributed by atoms with Crippen LogP contribution < -0.4 is 4.74 Å². The molecule has 0 spiro atoms. The minimum absolute atomic E-state index is 0.266. The van der Waals surface area contributed by atoms with Crippen LogP contribution in [0.1, 0.15) is 16.7 Å². The van der Waals surface area contributed by atoms with E-state index in [-0.39, 0.29) is 5.82 Å². The Morgan fingerprint density at radius 1 is 1.04 bits per heavy atom. The third-order valence-corrected chi connectivity index (χ3v) is 4.21. The molecule has 0 radical (unpaired) electrons. The van der Waals surface area contributed by atoms with Gasteiger partial charge in [-0.3, -0.25) is 4.99 Å². The first-order chi connectivity index (χ1) is 12.1. The molecule has 0 atom stereocenters. The highest BCUT2D eigenvalue weighted by molar-refractivity contribution is 9.10. The van der Waals surface area contributed by atoms with Crippen LogP contribution in [0.5, 0.6) is 5.75 Å². The van der Waals surface area contributed by atoms with Crippen molar-refractivity contribution in [3.63, 3.8) is 0 Å². The van der Waals surface area contributed by atoms with Gasteiger partial charge in [-0.2, -0.15) is 0 Å². The summed E-state index contributed by atoms with van der Waals surface area (Å²) in [5, 5.41) is 0. The summed E-state index contributed by atoms with van der Waals surface area (Å²) in [5.41, 5.74) is 3.66. The number of rotatable bonds is 5. The van der Waals surface area contributed by atoms with Crippen molar-refractivity contribution >= 4 is 27.8 Å². The van der Waals surface area contributed by atoms with Gasteiger partial charge in [0.1, 0.15) is 18.2 Å². The molecule has 25 heavy (non-hydrogen) atoms. The Balaban J connectivity index is 1.82. The van der Waals surface area contributed by atoms with Crippen molar-refractivity contribution in [2.24, 2.45) is 4.99 Å². The lowest BCUT2D eigenvalue weighted by molar-refractivity contribution is 0.305. The Morgan fingerprint density at radius 3 is 2.68 bits per heavy atom. The third kappa shape index (κ3) is 4.77. The lowest BCUT2D eigenvalue weighted by Gasteiger charge is -2.10. The van der Waals surface area contributed by atoms with Crippen LogP contribution in [0.15, 0.2) is 76.2 Å². The number of nitrogens with zero attached hydrogens (tertiary/aromatic N) is 1. The van der Waals surface area contributed by atoms with Crippen LogP contribution in [0.3, 0.4) is 0 Å². The second kappa shape index (κ2) is 8.08. The van der Waals surface area contributed by atoms with Crippen LogP contribution in [0.25, 0.3) is 0 Å². The predicted molar refractivity (Wildman–Crippen MR) is 103 cm³/mol. The number of hydrogen-bond acceptors (Lipinski definition) is 2. The maximum atomic E-state index is 13.3. The minimum Gasteiger partial charge on any atom is -0.488 e. The summed E-state index contributed by atoms with van der Waals surface area (Å²) < 4.78 is 20.1. The van der Waals surface area contributed by atoms with Gasteiger partial charge >= 0.3 is 0 Å². The first kappa shape index (κ1) is 17.4. The zero-order valence-electron chi connectivity index (χ0n) is 13.7. The second-order valence-corrected chi connectivity index (χ2v) is 6.56. The molecule has 0 N–H and O–H groups in total. The molecule has 0 saturated heterocycles. The topological polar surface area (TPSA) is 21.6 Å². The smallest absolute Gasteiger partial charge is 0.128 e. The molecular weight excluding hydrogens is 381 g/mol. The average Bonchev–Trinajstić information content (AvgIpc) is 2.60. The zero-order chi connectivity index (χ0) is 17.6. The number of benzene rings is 3. The van der Waals surface area contributed by atoms with Gasteiger partial charge in [-0.15, -0.1) is 0 Å². The number of aryl methyl sites for hydroxylation is 1. The highest BCUT2D eigenvalue weighted by atomic mass is 79.9. The lowest BCUT2D eigenvalue weighted by Crippen LogP contribution is -1.99. The quantitative estimate of drug-likeness (QED) is 0.467. The van der Waals surface area contributed by atoms with E-state index in [2.05, 4.69) is 20.9 Å². The van der Waals surface area contributed by atoms with Gasteiger partial charge in [0.25, 0.3) is 0 Å². The van der Waals surface area contributed by atoms with E-state index in [9.17, 15) is 4.39 Å². The van der Waals surface area contributed by atoms with E-state index in [4.69, 9.17) is 4.74 Å². The third-order valence-electron chi connectivity index (χ3n) is 3.71. The molecule has 0 aliphatic carbocycles. The molecule has 126 valence electrons. The summed E-state index contributed by atoms with van der Waals surface area (Å²) in [6.07, 6.45) is 1.79. The molecular formula is C21H17BrFNO. The molecule has 0 aliphatic heterocycles. The van der Waals surface area contributed by atoms with Crippen molar-refractivity contribution < 1.29 is 9.13 Å². The Bertz CT molecular complexity index is 908. The van der Waals surface area contributed by atoms with Crippen LogP contribution in [-0.4, -0.2) is 6.21 Å². The van der Waals surface area contributed by atoms with Crippen LogP contribution in [0.2, 0.25) is 0 Å². The molecule has 0 unspecified atom stereocenters. The van der Waals surface area contributed by atoms with Gasteiger partial charge in [-0.05, 0) is 54.4 Å². The largest absolute Gasteiger partial charge is 0.488 e. The highest BCUT2D eigenvalue weighted by Crippen LogP contribution is 2.24. The van der Waals surface area contributed by atoms with E-state index in [0.717, 1.165) is 26.9 Å². The normalized spacial score (nSPS) is 11.0. The monoisotopic (exact) mass is 397 g/mol. The standard InChI is InChI=1S/C21H17BrFNO/c1-15-5-2-3-8-20(15)24-13-17-12-18(22)9-10-21(17)25-14-16-6-4-7-19(23)11-16/h2-13H,14H2,1H3. The summed E-state index contributed by atoms with van der Waals surface area (Å²) in [6.45, 7) is 2.32. The summed E-state index contributed by atoms with van der Waals surface area (Å²) in [4.78, 5) is 4.56. The van der Waals surface area contributed by atoms with E-state index in [1.165, 1.54) is 12.1 Å². The van der Waals surface area contributed by atoms with Gasteiger partial charge in [-0.1, -0.05) is 46.3 Å². The fraction of sp³-hybridized carbons (Fsp3) is 0.0952. The molecule has 0 amide bonds. The Labute approximate surface area is 155 Å². The molecule has 0 heterocycles. The first-order valence-corrected chi connectivity index (χ1v) is 8.67. The minimum atomic E-state index is -0.266. The number of ether oxygens (including phenoxy) is 1. The molecule has 3 aromatic rings. The van der Waals surface area contributed by atoms with E-state index in [1.54, 1.807) is 12.3 Å². The van der Waals surface area contributed by atoms with Crippen molar-refractivity contribution in [1.29, 1.82) is 0 Å². The van der Waals surface area contributed by atoms with Crippen molar-refractivity contribution in [2.75, 3.05) is 0 Å². The predicted octanol–water partition coefficient (Wildman–Crippen LogP) is 6.23. The van der Waals surface area contributed by atoms with E-state index in [0.29, 0.717) is 12.4 Å². The molecule has 0 saturated carbocycles. The second-order valence-electron chi connectivity index (χ2n) is 5.65. The molecule has 0 fully saturated rings. The number of hydrogen-bond donors (Lipinski definition) is 0. The van der Waals surface area contributed by atoms with Crippen molar-refractivity contribution in [3.05, 3.63) is 93.7 Å². The molecule has 3 rings (SSSR count). The van der Waals surface area contributed by atoms with E-state index in [1.807, 2.05) is 55.5 Å². The van der Waals surface area contributed by atoms with Crippen LogP contribution in [0, 0.1) is 12.7 Å². The van der Waals surface area contributed by atoms with Gasteiger partial charge < -0.3 is 4.74 Å². The molecule has 3 aromatic carbocycles. The van der Waals surface area contributed by atoms with Crippen LogP contribution in [0.4, 0.5) is 10.1 Å². The number of halogens is 2. The maximum Gasteiger partial charge on any atom is 0.128 e. The maximum absolute atomic E-state index is 13.3. The van der Waals surface area contributed by atoms with Crippen molar-refractivity contribution in [2.45, 2.75) is 13.5 Å². The first-order valence-electron chi connectivity index (χ1n) is 7.88. The number of aliphatic imine (C=N–C) groups is 1. The van der Waals surface area contributed by atoms with Crippen LogP contribution in [-0.2, 0) is 6.61 Å². The average molecular weight is 398 g/mol. The van der Waals surface area contributed by atoms with E-state index >= 15 is 0 Å². The summed E-state index contributed by atoms with van der Waals surface area (Å²) in [7, 11) is 0. The summed E-state index contributed by atoms with van der Waals surface area (Å²) >= 11 is 3.48. The number of para-hydroxylation sites is 1. The molecule has 4 heteroatoms. The summed E-state index contributed by atoms with van der Waals surface area (Å²) in [5.74, 6) is 0.433. The fourth-order valence-electron chi connectivity index (χ4n) is 2.39. The molecule has 0 aromatic heterocycles. The van der Waals surface area contributed by atoms with Gasteiger partial charge in [0.15, 0.2) is 0 Å². The lowest BCUT2D eigenvalue weighted by atomic mass is 10.2. The summed E-state index contributed by atoms with van der Waals surface area (Å²) in [6, 6.07) is 20.1. The Hall–Kier alpha value is -2.46. The molecule has 0 aliphatic rings. The van der Waals surface area contributed by atoms with Crippen molar-refractivity contribution in [3.8, 4) is 5.75 Å². The molecule has 2 nitrogen and oxygen atoms in total. The van der Waals surface area contributed by atoms with E-state index < -0.39 is 0 Å². The van der Waals surface area contributed by atoms with Gasteiger partial charge in [0, 0.05) is 16.3 Å². The van der Waals surface area contributed by atoms with Gasteiger partial charge in [0.2, 0.25) is 0 Å². The molecule has 0 bridgehead atoms. The van der Waals surface area contributed by atoms with Gasteiger partial charge in [0.05, 0.1) is 5.69 Å². The zero-order valence-corrected chi connectivity index (χ0v) is 15.3. The highest BCUT2D eigenvalue weighted by Gasteiger charge is 2.05. The van der Waals surface area contributed by atoms with Crippen molar-refractivity contribution in [1.82, 2.24) is 0 Å². The Kier molecular flexibility index (Phi) is 5.61. The van der Waals surface area contributed by atoms with Gasteiger partial charge in [-0.25, -0.2) is 4.39 Å². The fourth-order valence-corrected chi connectivity index (χ4v) is 2.77. The van der Waals surface area contributed by atoms with Crippen LogP contribution >= 0.6 is 15.9 Å². The Morgan fingerprint density at radius 2 is 1.88 bits per heavy atom. The SMILES string of the molecule is Cc1ccccc1N=Cc1cc(Br)ccc1OCc1cccc(F)c1.